The van der Waals surface area contributed by atoms with Crippen LogP contribution in [0.15, 0.2) is 60.7 Å². The molecule has 0 aromatic heterocycles. The van der Waals surface area contributed by atoms with Crippen LogP contribution in [-0.2, 0) is 17.8 Å². The minimum atomic E-state index is -1.21. The summed E-state index contributed by atoms with van der Waals surface area (Å²) >= 11 is 0. The van der Waals surface area contributed by atoms with Crippen molar-refractivity contribution in [2.45, 2.75) is 65.3 Å². The van der Waals surface area contributed by atoms with Gasteiger partial charge < -0.3 is 15.2 Å². The quantitative estimate of drug-likeness (QED) is 0.380. The van der Waals surface area contributed by atoms with Gasteiger partial charge in [-0.2, -0.15) is 0 Å². The summed E-state index contributed by atoms with van der Waals surface area (Å²) in [6.07, 6.45) is -0.336. The predicted octanol–water partition coefficient (Wildman–Crippen LogP) is 4.57. The first kappa shape index (κ1) is 33.0. The van der Waals surface area contributed by atoms with Gasteiger partial charge in [-0.3, -0.25) is 19.9 Å². The molecule has 212 valence electrons. The molecule has 1 heterocycles. The Hall–Kier alpha value is -3.01. The first-order valence-electron chi connectivity index (χ1n) is 13.2. The number of alkyl carbamates (subject to hydrolysis) is 1. The van der Waals surface area contributed by atoms with Crippen molar-refractivity contribution in [2.75, 3.05) is 39.8 Å². The Bertz CT molecular complexity index is 883. The SMILES string of the molecule is CC.CC(C)(C)OC(=O)NCCC1([N+](=O)[O-])CN(Cc2ccccc2)CCN(Cc2ccccc2)C1.CO. The standard InChI is InChI=1S/C26H36N4O4.C2H6.CH4O/c1-25(2,3)34-24(31)27-15-14-26(30(32)33)20-28(18-22-10-6-4-7-11-22)16-17-29(21-26)19-23-12-8-5-9-13-23;2*1-2/h4-13H,14-21H2,1-3H3,(H,27,31);1-2H3;2H,1H3. The van der Waals surface area contributed by atoms with E-state index in [9.17, 15) is 14.9 Å². The Morgan fingerprint density at radius 1 is 0.947 bits per heavy atom. The fraction of sp³-hybridized carbons (Fsp3) is 0.552. The smallest absolute Gasteiger partial charge is 0.407 e. The maximum absolute atomic E-state index is 12.5. The average Bonchev–Trinajstić information content (AvgIpc) is 3.06. The van der Waals surface area contributed by atoms with Crippen LogP contribution in [0, 0.1) is 10.1 Å². The molecular weight excluding hydrogens is 484 g/mol. The number of hydrogen-bond donors (Lipinski definition) is 2. The largest absolute Gasteiger partial charge is 0.444 e. The van der Waals surface area contributed by atoms with Crippen LogP contribution >= 0.6 is 0 Å². The molecule has 2 aromatic rings. The number of ether oxygens (including phenoxy) is 1. The van der Waals surface area contributed by atoms with E-state index in [1.54, 1.807) is 20.8 Å². The maximum atomic E-state index is 12.5. The zero-order valence-electron chi connectivity index (χ0n) is 23.9. The molecule has 0 atom stereocenters. The summed E-state index contributed by atoms with van der Waals surface area (Å²) in [5, 5.41) is 22.3. The highest BCUT2D eigenvalue weighted by atomic mass is 16.6. The molecule has 1 aliphatic heterocycles. The molecule has 9 nitrogen and oxygen atoms in total. The third-order valence-electron chi connectivity index (χ3n) is 5.91. The second kappa shape index (κ2) is 16.8. The zero-order chi connectivity index (χ0) is 28.6. The minimum absolute atomic E-state index is 0.148. The van der Waals surface area contributed by atoms with Gasteiger partial charge in [-0.05, 0) is 31.9 Å². The topological polar surface area (TPSA) is 108 Å². The normalized spacial score (nSPS) is 15.6. The molecule has 0 saturated carbocycles. The molecular formula is C29H46N4O5. The van der Waals surface area contributed by atoms with Gasteiger partial charge in [0.25, 0.3) is 0 Å². The lowest BCUT2D eigenvalue weighted by Crippen LogP contribution is -2.54. The summed E-state index contributed by atoms with van der Waals surface area (Å²) in [5.41, 5.74) is 0.424. The van der Waals surface area contributed by atoms with Crippen LogP contribution in [0.5, 0.6) is 0 Å². The van der Waals surface area contributed by atoms with Gasteiger partial charge in [0.05, 0.1) is 13.1 Å². The van der Waals surface area contributed by atoms with Crippen molar-refractivity contribution in [1.29, 1.82) is 0 Å². The van der Waals surface area contributed by atoms with Gasteiger partial charge in [-0.15, -0.1) is 0 Å². The van der Waals surface area contributed by atoms with Crippen LogP contribution in [0.4, 0.5) is 4.79 Å². The monoisotopic (exact) mass is 530 g/mol. The maximum Gasteiger partial charge on any atom is 0.407 e. The summed E-state index contributed by atoms with van der Waals surface area (Å²) in [6, 6.07) is 20.1. The van der Waals surface area contributed by atoms with Gasteiger partial charge >= 0.3 is 6.09 Å². The number of carbonyl (C=O) groups excluding carboxylic acids is 1. The average molecular weight is 531 g/mol. The van der Waals surface area contributed by atoms with Crippen LogP contribution in [0.2, 0.25) is 0 Å². The molecule has 0 bridgehead atoms. The number of benzene rings is 2. The van der Waals surface area contributed by atoms with E-state index in [-0.39, 0.29) is 17.9 Å². The molecule has 1 amide bonds. The van der Waals surface area contributed by atoms with Gasteiger partial charge in [0.2, 0.25) is 5.54 Å². The lowest BCUT2D eigenvalue weighted by Gasteiger charge is -2.31. The van der Waals surface area contributed by atoms with Gasteiger partial charge in [0, 0.05) is 51.2 Å². The van der Waals surface area contributed by atoms with Crippen LogP contribution < -0.4 is 5.32 Å². The number of aliphatic hydroxyl groups is 1. The van der Waals surface area contributed by atoms with Gasteiger partial charge in [-0.1, -0.05) is 74.5 Å². The van der Waals surface area contributed by atoms with E-state index < -0.39 is 17.2 Å². The van der Waals surface area contributed by atoms with Crippen molar-refractivity contribution < 1.29 is 19.6 Å². The van der Waals surface area contributed by atoms with E-state index in [4.69, 9.17) is 9.84 Å². The molecule has 0 radical (unpaired) electrons. The van der Waals surface area contributed by atoms with E-state index in [1.807, 2.05) is 74.5 Å². The van der Waals surface area contributed by atoms with Crippen LogP contribution in [0.25, 0.3) is 0 Å². The third kappa shape index (κ3) is 11.6. The Balaban J connectivity index is 0.00000172. The van der Waals surface area contributed by atoms with Crippen molar-refractivity contribution in [3.8, 4) is 0 Å². The number of nitrogens with one attached hydrogen (secondary N) is 1. The molecule has 38 heavy (non-hydrogen) atoms. The molecule has 9 heteroatoms. The molecule has 2 N–H and O–H groups in total. The molecule has 2 aromatic carbocycles. The van der Waals surface area contributed by atoms with Crippen LogP contribution in [0.1, 0.15) is 52.2 Å². The fourth-order valence-electron chi connectivity index (χ4n) is 4.35. The second-order valence-electron chi connectivity index (χ2n) is 10.1. The Morgan fingerprint density at radius 2 is 1.37 bits per heavy atom. The lowest BCUT2D eigenvalue weighted by molar-refractivity contribution is -0.571. The fourth-order valence-corrected chi connectivity index (χ4v) is 4.35. The Labute approximate surface area is 227 Å². The summed E-state index contributed by atoms with van der Waals surface area (Å²) < 4.78 is 5.30. The van der Waals surface area contributed by atoms with E-state index in [0.29, 0.717) is 26.2 Å². The molecule has 1 fully saturated rings. The molecule has 1 saturated heterocycles. The van der Waals surface area contributed by atoms with Crippen molar-refractivity contribution >= 4 is 6.09 Å². The zero-order valence-corrected chi connectivity index (χ0v) is 23.9. The second-order valence-corrected chi connectivity index (χ2v) is 10.1. The number of amides is 1. The number of carbonyl (C=O) groups is 1. The Kier molecular flexibility index (Phi) is 14.6. The number of aliphatic hydroxyl groups excluding tert-OH is 1. The van der Waals surface area contributed by atoms with Crippen molar-refractivity contribution in [1.82, 2.24) is 15.1 Å². The Morgan fingerprint density at radius 3 is 1.74 bits per heavy atom. The van der Waals surface area contributed by atoms with Crippen LogP contribution in [0.3, 0.4) is 0 Å². The highest BCUT2D eigenvalue weighted by Crippen LogP contribution is 2.24. The van der Waals surface area contributed by atoms with Crippen LogP contribution in [-0.4, -0.2) is 76.9 Å². The molecule has 0 aliphatic carbocycles. The number of hydrogen-bond acceptors (Lipinski definition) is 7. The van der Waals surface area contributed by atoms with E-state index >= 15 is 0 Å². The predicted molar refractivity (Wildman–Crippen MR) is 152 cm³/mol. The lowest BCUT2D eigenvalue weighted by atomic mass is 9.94. The third-order valence-corrected chi connectivity index (χ3v) is 5.91. The summed E-state index contributed by atoms with van der Waals surface area (Å²) in [7, 11) is 1.00. The van der Waals surface area contributed by atoms with E-state index in [1.165, 1.54) is 0 Å². The van der Waals surface area contributed by atoms with Gasteiger partial charge in [0.1, 0.15) is 5.60 Å². The number of nitrogens with zero attached hydrogens (tertiary/aromatic N) is 3. The van der Waals surface area contributed by atoms with Gasteiger partial charge in [-0.25, -0.2) is 4.79 Å². The number of nitro groups is 1. The first-order valence-corrected chi connectivity index (χ1v) is 13.2. The van der Waals surface area contributed by atoms with Crippen molar-refractivity contribution in [3.05, 3.63) is 81.9 Å². The van der Waals surface area contributed by atoms with Crippen molar-refractivity contribution in [3.63, 3.8) is 0 Å². The van der Waals surface area contributed by atoms with E-state index in [0.717, 1.165) is 31.3 Å². The highest BCUT2D eigenvalue weighted by molar-refractivity contribution is 5.67. The highest BCUT2D eigenvalue weighted by Gasteiger charge is 2.47. The number of rotatable bonds is 8. The summed E-state index contributed by atoms with van der Waals surface area (Å²) in [4.78, 5) is 28.8. The summed E-state index contributed by atoms with van der Waals surface area (Å²) in [5.74, 6) is 0. The van der Waals surface area contributed by atoms with Crippen molar-refractivity contribution in [2.24, 2.45) is 0 Å². The summed E-state index contributed by atoms with van der Waals surface area (Å²) in [6.45, 7) is 12.9. The first-order chi connectivity index (χ1) is 18.2. The molecule has 0 spiro atoms. The minimum Gasteiger partial charge on any atom is -0.444 e. The van der Waals surface area contributed by atoms with Gasteiger partial charge in [0.15, 0.2) is 0 Å². The molecule has 1 aliphatic rings. The van der Waals surface area contributed by atoms with E-state index in [2.05, 4.69) is 15.1 Å². The molecule has 0 unspecified atom stereocenters. The molecule has 3 rings (SSSR count).